The second-order valence-electron chi connectivity index (χ2n) is 5.85. The highest BCUT2D eigenvalue weighted by atomic mass is 35.5. The molecule has 0 radical (unpaired) electrons. The standard InChI is InChI=1S/C16H22ClN3/c1-2-14(11-6-4-3-5-7-11)20-15-10-12(17)8-9-13(15)19-16(20)18/h8-11,14H,2-7H2,1H3,(H2,18,19). The van der Waals surface area contributed by atoms with Crippen LogP contribution in [0.15, 0.2) is 18.2 Å². The number of imidazole rings is 1. The molecule has 1 fully saturated rings. The Kier molecular flexibility index (Phi) is 3.88. The minimum absolute atomic E-state index is 0.443. The largest absolute Gasteiger partial charge is 0.369 e. The van der Waals surface area contributed by atoms with Crippen LogP contribution >= 0.6 is 11.6 Å². The number of hydrogen-bond donors (Lipinski definition) is 1. The summed E-state index contributed by atoms with van der Waals surface area (Å²) in [5, 5.41) is 0.747. The van der Waals surface area contributed by atoms with E-state index in [1.165, 1.54) is 32.1 Å². The number of rotatable bonds is 3. The van der Waals surface area contributed by atoms with Crippen LogP contribution in [0.4, 0.5) is 5.95 Å². The van der Waals surface area contributed by atoms with Crippen LogP contribution in [0.25, 0.3) is 11.0 Å². The average molecular weight is 292 g/mol. The zero-order chi connectivity index (χ0) is 14.1. The minimum Gasteiger partial charge on any atom is -0.369 e. The van der Waals surface area contributed by atoms with Crippen molar-refractivity contribution in [3.05, 3.63) is 23.2 Å². The van der Waals surface area contributed by atoms with Gasteiger partial charge in [0.15, 0.2) is 0 Å². The third-order valence-electron chi connectivity index (χ3n) is 4.62. The van der Waals surface area contributed by atoms with E-state index in [4.69, 9.17) is 17.3 Å². The van der Waals surface area contributed by atoms with Gasteiger partial charge in [0.05, 0.1) is 11.0 Å². The number of halogens is 1. The predicted octanol–water partition coefficient (Wildman–Crippen LogP) is 4.80. The number of nitrogen functional groups attached to an aromatic ring is 1. The SMILES string of the molecule is CCC(C1CCCCC1)n1c(N)nc2ccc(Cl)cc21. The number of hydrogen-bond acceptors (Lipinski definition) is 2. The monoisotopic (exact) mass is 291 g/mol. The molecular weight excluding hydrogens is 270 g/mol. The van der Waals surface area contributed by atoms with E-state index in [1.807, 2.05) is 18.2 Å². The van der Waals surface area contributed by atoms with Crippen molar-refractivity contribution in [2.45, 2.75) is 51.5 Å². The van der Waals surface area contributed by atoms with Crippen LogP contribution in [-0.4, -0.2) is 9.55 Å². The molecule has 1 saturated carbocycles. The Morgan fingerprint density at radius 3 is 2.80 bits per heavy atom. The van der Waals surface area contributed by atoms with Gasteiger partial charge < -0.3 is 10.3 Å². The Bertz CT molecular complexity index is 599. The highest BCUT2D eigenvalue weighted by Gasteiger charge is 2.26. The highest BCUT2D eigenvalue weighted by molar-refractivity contribution is 6.31. The van der Waals surface area contributed by atoms with E-state index in [0.717, 1.165) is 22.5 Å². The molecule has 0 bridgehead atoms. The summed E-state index contributed by atoms with van der Waals surface area (Å²) in [4.78, 5) is 4.50. The molecule has 4 heteroatoms. The van der Waals surface area contributed by atoms with Gasteiger partial charge in [-0.3, -0.25) is 0 Å². The lowest BCUT2D eigenvalue weighted by molar-refractivity contribution is 0.249. The van der Waals surface area contributed by atoms with Crippen LogP contribution in [0.3, 0.4) is 0 Å². The summed E-state index contributed by atoms with van der Waals surface area (Å²) in [6.07, 6.45) is 7.76. The molecule has 1 aromatic carbocycles. The molecule has 3 nitrogen and oxygen atoms in total. The van der Waals surface area contributed by atoms with Gasteiger partial charge in [0.2, 0.25) is 5.95 Å². The van der Waals surface area contributed by atoms with Gasteiger partial charge in [-0.1, -0.05) is 37.8 Å². The number of nitrogens with zero attached hydrogens (tertiary/aromatic N) is 2. The van der Waals surface area contributed by atoms with E-state index >= 15 is 0 Å². The lowest BCUT2D eigenvalue weighted by atomic mass is 9.82. The van der Waals surface area contributed by atoms with Crippen molar-refractivity contribution in [2.75, 3.05) is 5.73 Å². The first-order chi connectivity index (χ1) is 9.70. The molecule has 1 atom stereocenters. The summed E-state index contributed by atoms with van der Waals surface area (Å²) in [7, 11) is 0. The second kappa shape index (κ2) is 5.65. The van der Waals surface area contributed by atoms with E-state index in [2.05, 4.69) is 16.5 Å². The number of benzene rings is 1. The van der Waals surface area contributed by atoms with Crippen LogP contribution in [0, 0.1) is 5.92 Å². The summed E-state index contributed by atoms with van der Waals surface area (Å²) in [6.45, 7) is 2.25. The summed E-state index contributed by atoms with van der Waals surface area (Å²) in [5.74, 6) is 1.34. The molecule has 0 spiro atoms. The molecule has 20 heavy (non-hydrogen) atoms. The number of fused-ring (bicyclic) bond motifs is 1. The molecule has 108 valence electrons. The van der Waals surface area contributed by atoms with E-state index in [9.17, 15) is 0 Å². The molecule has 0 amide bonds. The van der Waals surface area contributed by atoms with Gasteiger partial charge in [0.1, 0.15) is 0 Å². The highest BCUT2D eigenvalue weighted by Crippen LogP contribution is 2.38. The molecule has 1 aliphatic rings. The fourth-order valence-electron chi connectivity index (χ4n) is 3.68. The molecular formula is C16H22ClN3. The Hall–Kier alpha value is -1.22. The zero-order valence-corrected chi connectivity index (χ0v) is 12.7. The fourth-order valence-corrected chi connectivity index (χ4v) is 3.85. The molecule has 1 aromatic heterocycles. The lowest BCUT2D eigenvalue weighted by Gasteiger charge is -2.31. The number of nitrogens with two attached hydrogens (primary N) is 1. The third-order valence-corrected chi connectivity index (χ3v) is 4.86. The molecule has 1 aliphatic carbocycles. The number of aromatic nitrogens is 2. The van der Waals surface area contributed by atoms with Crippen molar-refractivity contribution in [3.63, 3.8) is 0 Å². The van der Waals surface area contributed by atoms with Crippen molar-refractivity contribution < 1.29 is 0 Å². The molecule has 2 aromatic rings. The maximum Gasteiger partial charge on any atom is 0.201 e. The van der Waals surface area contributed by atoms with Crippen molar-refractivity contribution in [1.29, 1.82) is 0 Å². The van der Waals surface area contributed by atoms with E-state index in [0.29, 0.717) is 17.9 Å². The first-order valence-electron chi connectivity index (χ1n) is 7.63. The maximum atomic E-state index is 6.20. The number of anilines is 1. The second-order valence-corrected chi connectivity index (χ2v) is 6.28. The third kappa shape index (κ3) is 2.39. The lowest BCUT2D eigenvalue weighted by Crippen LogP contribution is -2.22. The minimum atomic E-state index is 0.443. The van der Waals surface area contributed by atoms with Crippen molar-refractivity contribution in [2.24, 2.45) is 5.92 Å². The van der Waals surface area contributed by atoms with Crippen molar-refractivity contribution in [3.8, 4) is 0 Å². The van der Waals surface area contributed by atoms with Gasteiger partial charge in [-0.15, -0.1) is 0 Å². The summed E-state index contributed by atoms with van der Waals surface area (Å²) in [6, 6.07) is 6.27. The van der Waals surface area contributed by atoms with Crippen LogP contribution in [0.2, 0.25) is 5.02 Å². The smallest absolute Gasteiger partial charge is 0.201 e. The summed E-state index contributed by atoms with van der Waals surface area (Å²) >= 11 is 6.15. The van der Waals surface area contributed by atoms with E-state index in [1.54, 1.807) is 0 Å². The van der Waals surface area contributed by atoms with Crippen LogP contribution < -0.4 is 5.73 Å². The predicted molar refractivity (Wildman–Crippen MR) is 85.1 cm³/mol. The maximum absolute atomic E-state index is 6.20. The van der Waals surface area contributed by atoms with Gasteiger partial charge in [-0.2, -0.15) is 0 Å². The molecule has 2 N–H and O–H groups in total. The van der Waals surface area contributed by atoms with Gasteiger partial charge >= 0.3 is 0 Å². The zero-order valence-electron chi connectivity index (χ0n) is 12.0. The summed E-state index contributed by atoms with van der Waals surface area (Å²) < 4.78 is 2.22. The van der Waals surface area contributed by atoms with Gasteiger partial charge in [-0.25, -0.2) is 4.98 Å². The first-order valence-corrected chi connectivity index (χ1v) is 8.01. The molecule has 1 unspecified atom stereocenters. The Morgan fingerprint density at radius 1 is 1.35 bits per heavy atom. The Labute approximate surface area is 125 Å². The van der Waals surface area contributed by atoms with Gasteiger partial charge in [0.25, 0.3) is 0 Å². The van der Waals surface area contributed by atoms with E-state index in [-0.39, 0.29) is 0 Å². The first kappa shape index (κ1) is 13.7. The van der Waals surface area contributed by atoms with Crippen molar-refractivity contribution in [1.82, 2.24) is 9.55 Å². The fraction of sp³-hybridized carbons (Fsp3) is 0.562. The quantitative estimate of drug-likeness (QED) is 0.882. The van der Waals surface area contributed by atoms with E-state index < -0.39 is 0 Å². The van der Waals surface area contributed by atoms with Crippen LogP contribution in [0.5, 0.6) is 0 Å². The summed E-state index contributed by atoms with van der Waals surface area (Å²) in [5.41, 5.74) is 8.22. The van der Waals surface area contributed by atoms with Gasteiger partial charge in [0, 0.05) is 11.1 Å². The molecule has 0 saturated heterocycles. The molecule has 0 aliphatic heterocycles. The molecule has 1 heterocycles. The average Bonchev–Trinajstić information content (AvgIpc) is 2.77. The Balaban J connectivity index is 2.06. The normalized spacial score (nSPS) is 18.5. The Morgan fingerprint density at radius 2 is 2.10 bits per heavy atom. The molecule has 3 rings (SSSR count). The van der Waals surface area contributed by atoms with Gasteiger partial charge in [-0.05, 0) is 43.4 Å². The van der Waals surface area contributed by atoms with Crippen LogP contribution in [0.1, 0.15) is 51.5 Å². The topological polar surface area (TPSA) is 43.8 Å². The van der Waals surface area contributed by atoms with Crippen LogP contribution in [-0.2, 0) is 0 Å². The van der Waals surface area contributed by atoms with Crippen molar-refractivity contribution >= 4 is 28.6 Å².